The van der Waals surface area contributed by atoms with Crippen LogP contribution >= 0.6 is 0 Å². The SMILES string of the molecule is c1ccc(-c2nc(-c3ccccc3)nc(-c3cccc4c3-c3ccccc3[Si]4(c3ccccc3)c3ccccc3)n2)cc1. The Morgan fingerprint density at radius 2 is 0.744 bits per heavy atom. The minimum atomic E-state index is -2.62. The second-order valence-electron chi connectivity index (χ2n) is 10.8. The fraction of sp³-hybridized carbons (Fsp3) is 0. The van der Waals surface area contributed by atoms with Crippen LogP contribution in [0.5, 0.6) is 0 Å². The topological polar surface area (TPSA) is 38.7 Å². The van der Waals surface area contributed by atoms with E-state index in [4.69, 9.17) is 15.0 Å². The largest absolute Gasteiger partial charge is 0.208 e. The average molecular weight is 566 g/mol. The third-order valence-corrected chi connectivity index (χ3v) is 13.3. The van der Waals surface area contributed by atoms with Gasteiger partial charge in [-0.1, -0.05) is 164 Å². The molecule has 0 amide bonds. The summed E-state index contributed by atoms with van der Waals surface area (Å²) in [5.74, 6) is 2.02. The molecule has 7 aromatic rings. The predicted octanol–water partition coefficient (Wildman–Crippen LogP) is 6.23. The number of fused-ring (bicyclic) bond motifs is 3. The van der Waals surface area contributed by atoms with E-state index in [0.29, 0.717) is 17.5 Å². The standard InChI is InChI=1S/C39H27N3Si/c1-5-16-28(17-6-1)37-40-38(29-18-7-2-8-19-29)42-39(41-37)33-25-15-27-35-36(33)32-24-13-14-26-34(32)43(35,30-20-9-3-10-21-30)31-22-11-4-12-23-31/h1-27H. The van der Waals surface area contributed by atoms with Crippen molar-refractivity contribution in [3.05, 3.63) is 164 Å². The lowest BCUT2D eigenvalue weighted by Gasteiger charge is -2.31. The molecule has 8 rings (SSSR count). The molecule has 3 nitrogen and oxygen atoms in total. The predicted molar refractivity (Wildman–Crippen MR) is 179 cm³/mol. The van der Waals surface area contributed by atoms with Crippen LogP contribution < -0.4 is 20.7 Å². The van der Waals surface area contributed by atoms with Gasteiger partial charge >= 0.3 is 0 Å². The van der Waals surface area contributed by atoms with Crippen molar-refractivity contribution in [3.8, 4) is 45.3 Å². The molecule has 0 atom stereocenters. The molecule has 4 heteroatoms. The molecule has 0 aliphatic carbocycles. The monoisotopic (exact) mass is 565 g/mol. The fourth-order valence-corrected chi connectivity index (χ4v) is 11.8. The lowest BCUT2D eigenvalue weighted by Crippen LogP contribution is -2.72. The molecule has 0 saturated carbocycles. The zero-order valence-corrected chi connectivity index (χ0v) is 24.4. The van der Waals surface area contributed by atoms with Gasteiger partial charge in [0.05, 0.1) is 0 Å². The van der Waals surface area contributed by atoms with E-state index in [0.717, 1.165) is 16.7 Å². The van der Waals surface area contributed by atoms with Gasteiger partial charge < -0.3 is 0 Å². The van der Waals surface area contributed by atoms with Gasteiger partial charge in [-0.2, -0.15) is 0 Å². The van der Waals surface area contributed by atoms with Gasteiger partial charge in [0.25, 0.3) is 0 Å². The fourth-order valence-electron chi connectivity index (χ4n) is 6.61. The highest BCUT2D eigenvalue weighted by atomic mass is 28.3. The van der Waals surface area contributed by atoms with Gasteiger partial charge in [-0.05, 0) is 31.9 Å². The van der Waals surface area contributed by atoms with Crippen LogP contribution in [0.15, 0.2) is 164 Å². The molecule has 2 heterocycles. The van der Waals surface area contributed by atoms with Crippen molar-refractivity contribution in [1.82, 2.24) is 15.0 Å². The average Bonchev–Trinajstić information content (AvgIpc) is 3.41. The Morgan fingerprint density at radius 1 is 0.326 bits per heavy atom. The molecule has 202 valence electrons. The molecule has 0 spiro atoms. The Balaban J connectivity index is 1.45. The molecule has 1 aromatic heterocycles. The van der Waals surface area contributed by atoms with Crippen molar-refractivity contribution in [2.45, 2.75) is 0 Å². The molecule has 0 radical (unpaired) electrons. The molecule has 43 heavy (non-hydrogen) atoms. The molecule has 6 aromatic carbocycles. The molecule has 0 N–H and O–H groups in total. The highest BCUT2D eigenvalue weighted by molar-refractivity contribution is 7.22. The Kier molecular flexibility index (Phi) is 6.13. The molecule has 0 fully saturated rings. The van der Waals surface area contributed by atoms with E-state index in [1.165, 1.54) is 31.9 Å². The summed E-state index contributed by atoms with van der Waals surface area (Å²) in [6.45, 7) is 0. The van der Waals surface area contributed by atoms with Crippen LogP contribution in [-0.2, 0) is 0 Å². The van der Waals surface area contributed by atoms with E-state index in [-0.39, 0.29) is 0 Å². The second kappa shape index (κ2) is 10.4. The second-order valence-corrected chi connectivity index (χ2v) is 14.5. The van der Waals surface area contributed by atoms with E-state index in [9.17, 15) is 0 Å². The Morgan fingerprint density at radius 3 is 1.30 bits per heavy atom. The zero-order chi connectivity index (χ0) is 28.6. The number of nitrogens with zero attached hydrogens (tertiary/aromatic N) is 3. The molecule has 0 saturated heterocycles. The van der Waals surface area contributed by atoms with Crippen molar-refractivity contribution in [1.29, 1.82) is 0 Å². The van der Waals surface area contributed by atoms with Gasteiger partial charge in [-0.15, -0.1) is 0 Å². The van der Waals surface area contributed by atoms with Crippen molar-refractivity contribution in [2.24, 2.45) is 0 Å². The van der Waals surface area contributed by atoms with E-state index in [1.54, 1.807) is 0 Å². The van der Waals surface area contributed by atoms with Crippen molar-refractivity contribution in [3.63, 3.8) is 0 Å². The van der Waals surface area contributed by atoms with Crippen LogP contribution in [0.2, 0.25) is 0 Å². The summed E-state index contributed by atoms with van der Waals surface area (Å²) in [5, 5.41) is 5.51. The number of hydrogen-bond acceptors (Lipinski definition) is 3. The summed E-state index contributed by atoms with van der Waals surface area (Å²) in [5.41, 5.74) is 5.45. The highest BCUT2D eigenvalue weighted by Gasteiger charge is 2.49. The maximum atomic E-state index is 5.14. The van der Waals surface area contributed by atoms with Crippen LogP contribution in [0.1, 0.15) is 0 Å². The normalized spacial score (nSPS) is 12.8. The molecular formula is C39H27N3Si. The van der Waals surface area contributed by atoms with E-state index >= 15 is 0 Å². The first-order valence-electron chi connectivity index (χ1n) is 14.6. The molecule has 1 aliphatic rings. The molecule has 0 unspecified atom stereocenters. The Bertz CT molecular complexity index is 1960. The van der Waals surface area contributed by atoms with Gasteiger partial charge in [0.15, 0.2) is 25.5 Å². The highest BCUT2D eigenvalue weighted by Crippen LogP contribution is 2.36. The third kappa shape index (κ3) is 4.07. The van der Waals surface area contributed by atoms with Crippen LogP contribution in [0.25, 0.3) is 45.3 Å². The third-order valence-electron chi connectivity index (χ3n) is 8.42. The first-order chi connectivity index (χ1) is 21.3. The van der Waals surface area contributed by atoms with E-state index < -0.39 is 8.07 Å². The molecule has 1 aliphatic heterocycles. The van der Waals surface area contributed by atoms with E-state index in [2.05, 4.69) is 127 Å². The van der Waals surface area contributed by atoms with E-state index in [1.807, 2.05) is 36.4 Å². The maximum absolute atomic E-state index is 5.14. The van der Waals surface area contributed by atoms with Gasteiger partial charge in [0, 0.05) is 16.7 Å². The summed E-state index contributed by atoms with van der Waals surface area (Å²) in [4.78, 5) is 15.2. The van der Waals surface area contributed by atoms with Crippen molar-refractivity contribution in [2.75, 3.05) is 0 Å². The zero-order valence-electron chi connectivity index (χ0n) is 23.4. The maximum Gasteiger partial charge on any atom is 0.180 e. The quantitative estimate of drug-likeness (QED) is 0.232. The molecule has 0 bridgehead atoms. The number of aromatic nitrogens is 3. The minimum Gasteiger partial charge on any atom is -0.208 e. The smallest absolute Gasteiger partial charge is 0.180 e. The van der Waals surface area contributed by atoms with Crippen molar-refractivity contribution < 1.29 is 0 Å². The Labute approximate surface area is 252 Å². The lowest BCUT2D eigenvalue weighted by molar-refractivity contribution is 1.07. The van der Waals surface area contributed by atoms with Crippen LogP contribution in [-0.4, -0.2) is 23.0 Å². The summed E-state index contributed by atoms with van der Waals surface area (Å²) < 4.78 is 0. The lowest BCUT2D eigenvalue weighted by atomic mass is 9.99. The summed E-state index contributed by atoms with van der Waals surface area (Å²) in [7, 11) is -2.62. The molecular weight excluding hydrogens is 539 g/mol. The Hall–Kier alpha value is -5.45. The van der Waals surface area contributed by atoms with Gasteiger partial charge in [0.2, 0.25) is 0 Å². The van der Waals surface area contributed by atoms with Gasteiger partial charge in [0.1, 0.15) is 0 Å². The first-order valence-corrected chi connectivity index (χ1v) is 16.6. The number of benzene rings is 6. The summed E-state index contributed by atoms with van der Waals surface area (Å²) in [6, 6.07) is 58.1. The van der Waals surface area contributed by atoms with Crippen LogP contribution in [0.4, 0.5) is 0 Å². The number of hydrogen-bond donors (Lipinski definition) is 0. The van der Waals surface area contributed by atoms with Crippen LogP contribution in [0.3, 0.4) is 0 Å². The first kappa shape index (κ1) is 25.3. The van der Waals surface area contributed by atoms with Gasteiger partial charge in [-0.25, -0.2) is 15.0 Å². The number of rotatable bonds is 5. The van der Waals surface area contributed by atoms with Crippen LogP contribution in [0, 0.1) is 0 Å². The van der Waals surface area contributed by atoms with Crippen molar-refractivity contribution >= 4 is 28.8 Å². The minimum absolute atomic E-state index is 0.669. The summed E-state index contributed by atoms with van der Waals surface area (Å²) in [6.07, 6.45) is 0. The van der Waals surface area contributed by atoms with Gasteiger partial charge in [-0.3, -0.25) is 0 Å². The summed E-state index contributed by atoms with van der Waals surface area (Å²) >= 11 is 0.